The number of hydrogen-bond donors (Lipinski definition) is 1. The van der Waals surface area contributed by atoms with E-state index in [0.29, 0.717) is 17.4 Å². The summed E-state index contributed by atoms with van der Waals surface area (Å²) in [5.74, 6) is 0.392. The van der Waals surface area contributed by atoms with Crippen LogP contribution in [0.15, 0.2) is 41.8 Å². The van der Waals surface area contributed by atoms with Gasteiger partial charge in [-0.2, -0.15) is 4.80 Å². The van der Waals surface area contributed by atoms with Gasteiger partial charge in [0.2, 0.25) is 11.7 Å². The van der Waals surface area contributed by atoms with Crippen LogP contribution >= 0.6 is 22.9 Å². The number of amides is 1. The molecule has 3 aromatic rings. The third kappa shape index (κ3) is 4.37. The molecule has 0 atom stereocenters. The lowest BCUT2D eigenvalue weighted by molar-refractivity contribution is -0.122. The molecule has 2 heterocycles. The maximum atomic E-state index is 11.9. The Bertz CT molecular complexity index is 770. The SMILES string of the molecule is O=C(Cn1nnc(-c2cccs2)n1)NCCc1ccc(Cl)cc1. The molecule has 1 N–H and O–H groups in total. The monoisotopic (exact) mass is 347 g/mol. The minimum atomic E-state index is -0.144. The van der Waals surface area contributed by atoms with Gasteiger partial charge in [-0.1, -0.05) is 29.8 Å². The molecule has 0 unspecified atom stereocenters. The summed E-state index contributed by atoms with van der Waals surface area (Å²) in [6.07, 6.45) is 0.744. The number of nitrogens with zero attached hydrogens (tertiary/aromatic N) is 4. The van der Waals surface area contributed by atoms with Crippen molar-refractivity contribution in [2.75, 3.05) is 6.54 Å². The third-order valence-electron chi connectivity index (χ3n) is 3.13. The second-order valence-electron chi connectivity index (χ2n) is 4.85. The van der Waals surface area contributed by atoms with Crippen molar-refractivity contribution in [1.29, 1.82) is 0 Å². The van der Waals surface area contributed by atoms with Crippen LogP contribution < -0.4 is 5.32 Å². The summed E-state index contributed by atoms with van der Waals surface area (Å²) in [5.41, 5.74) is 1.12. The van der Waals surface area contributed by atoms with Crippen LogP contribution in [-0.2, 0) is 17.8 Å². The Kier molecular flexibility index (Phi) is 4.99. The lowest BCUT2D eigenvalue weighted by Gasteiger charge is -2.04. The first kappa shape index (κ1) is 15.6. The van der Waals surface area contributed by atoms with Gasteiger partial charge >= 0.3 is 0 Å². The highest BCUT2D eigenvalue weighted by Crippen LogP contribution is 2.19. The normalized spacial score (nSPS) is 10.7. The van der Waals surface area contributed by atoms with Gasteiger partial charge in [0.25, 0.3) is 0 Å². The highest BCUT2D eigenvalue weighted by Gasteiger charge is 2.09. The molecule has 0 fully saturated rings. The number of benzene rings is 1. The van der Waals surface area contributed by atoms with Crippen molar-refractivity contribution >= 4 is 28.8 Å². The molecule has 0 aliphatic heterocycles. The average molecular weight is 348 g/mol. The number of carbonyl (C=O) groups is 1. The molecule has 0 aliphatic rings. The predicted octanol–water partition coefficient (Wildman–Crippen LogP) is 2.41. The van der Waals surface area contributed by atoms with Crippen molar-refractivity contribution in [2.45, 2.75) is 13.0 Å². The van der Waals surface area contributed by atoms with E-state index in [4.69, 9.17) is 11.6 Å². The molecule has 1 amide bonds. The Morgan fingerprint density at radius 2 is 2.09 bits per heavy atom. The van der Waals surface area contributed by atoms with Crippen LogP contribution in [0.5, 0.6) is 0 Å². The molecule has 8 heteroatoms. The van der Waals surface area contributed by atoms with Gasteiger partial charge in [0.1, 0.15) is 6.54 Å². The van der Waals surface area contributed by atoms with E-state index in [0.717, 1.165) is 16.9 Å². The van der Waals surface area contributed by atoms with Crippen LogP contribution in [0.4, 0.5) is 0 Å². The molecule has 2 aromatic heterocycles. The van der Waals surface area contributed by atoms with E-state index in [1.54, 1.807) is 0 Å². The van der Waals surface area contributed by atoms with Crippen molar-refractivity contribution in [2.24, 2.45) is 0 Å². The molecule has 118 valence electrons. The molecule has 23 heavy (non-hydrogen) atoms. The number of nitrogens with one attached hydrogen (secondary N) is 1. The van der Waals surface area contributed by atoms with Crippen molar-refractivity contribution in [3.8, 4) is 10.7 Å². The van der Waals surface area contributed by atoms with Gasteiger partial charge in [-0.05, 0) is 40.8 Å². The lowest BCUT2D eigenvalue weighted by atomic mass is 10.1. The van der Waals surface area contributed by atoms with E-state index in [1.165, 1.54) is 16.1 Å². The van der Waals surface area contributed by atoms with E-state index >= 15 is 0 Å². The molecule has 0 saturated carbocycles. The largest absolute Gasteiger partial charge is 0.354 e. The summed E-state index contributed by atoms with van der Waals surface area (Å²) in [4.78, 5) is 14.1. The molecule has 1 aromatic carbocycles. The van der Waals surface area contributed by atoms with Crippen LogP contribution in [-0.4, -0.2) is 32.7 Å². The maximum absolute atomic E-state index is 11.9. The van der Waals surface area contributed by atoms with Crippen LogP contribution in [0.1, 0.15) is 5.56 Å². The average Bonchev–Trinajstić information content (AvgIpc) is 3.20. The number of tetrazole rings is 1. The van der Waals surface area contributed by atoms with Gasteiger partial charge in [-0.15, -0.1) is 21.5 Å². The van der Waals surface area contributed by atoms with Crippen LogP contribution in [0.3, 0.4) is 0 Å². The van der Waals surface area contributed by atoms with Gasteiger partial charge in [-0.25, -0.2) is 0 Å². The molecule has 0 radical (unpaired) electrons. The Morgan fingerprint density at radius 1 is 1.26 bits per heavy atom. The van der Waals surface area contributed by atoms with E-state index < -0.39 is 0 Å². The Hall–Kier alpha value is -2.25. The summed E-state index contributed by atoms with van der Waals surface area (Å²) >= 11 is 7.37. The predicted molar refractivity (Wildman–Crippen MR) is 89.3 cm³/mol. The molecular formula is C15H14ClN5OS. The Balaban J connectivity index is 1.47. The molecule has 0 saturated heterocycles. The quantitative estimate of drug-likeness (QED) is 0.743. The topological polar surface area (TPSA) is 72.7 Å². The summed E-state index contributed by atoms with van der Waals surface area (Å²) < 4.78 is 0. The highest BCUT2D eigenvalue weighted by atomic mass is 35.5. The van der Waals surface area contributed by atoms with Gasteiger partial charge in [-0.3, -0.25) is 4.79 Å². The van der Waals surface area contributed by atoms with Gasteiger partial charge in [0.15, 0.2) is 0 Å². The highest BCUT2D eigenvalue weighted by molar-refractivity contribution is 7.13. The fourth-order valence-corrected chi connectivity index (χ4v) is 2.77. The molecule has 6 nitrogen and oxygen atoms in total. The van der Waals surface area contributed by atoms with Crippen molar-refractivity contribution in [1.82, 2.24) is 25.5 Å². The van der Waals surface area contributed by atoms with Crippen LogP contribution in [0.2, 0.25) is 5.02 Å². The Morgan fingerprint density at radius 3 is 2.83 bits per heavy atom. The number of halogens is 1. The smallest absolute Gasteiger partial charge is 0.243 e. The van der Waals surface area contributed by atoms with Gasteiger partial charge < -0.3 is 5.32 Å². The van der Waals surface area contributed by atoms with E-state index in [1.807, 2.05) is 41.8 Å². The summed E-state index contributed by atoms with van der Waals surface area (Å²) in [6.45, 7) is 0.603. The third-order valence-corrected chi connectivity index (χ3v) is 4.25. The fraction of sp³-hybridized carbons (Fsp3) is 0.200. The van der Waals surface area contributed by atoms with Crippen molar-refractivity contribution in [3.63, 3.8) is 0 Å². The molecule has 0 aliphatic carbocycles. The van der Waals surface area contributed by atoms with Gasteiger partial charge in [0.05, 0.1) is 4.88 Å². The lowest BCUT2D eigenvalue weighted by Crippen LogP contribution is -2.30. The zero-order chi connectivity index (χ0) is 16.1. The zero-order valence-corrected chi connectivity index (χ0v) is 13.7. The fourth-order valence-electron chi connectivity index (χ4n) is 2.00. The summed E-state index contributed by atoms with van der Waals surface area (Å²) in [7, 11) is 0. The molecule has 0 bridgehead atoms. The summed E-state index contributed by atoms with van der Waals surface area (Å²) in [6, 6.07) is 11.4. The van der Waals surface area contributed by atoms with Crippen molar-refractivity contribution in [3.05, 3.63) is 52.4 Å². The van der Waals surface area contributed by atoms with Crippen LogP contribution in [0.25, 0.3) is 10.7 Å². The van der Waals surface area contributed by atoms with Crippen molar-refractivity contribution < 1.29 is 4.79 Å². The minimum Gasteiger partial charge on any atom is -0.354 e. The first-order chi connectivity index (χ1) is 11.2. The van der Waals surface area contributed by atoms with Gasteiger partial charge in [0, 0.05) is 11.6 Å². The second-order valence-corrected chi connectivity index (χ2v) is 6.23. The second kappa shape index (κ2) is 7.34. The minimum absolute atomic E-state index is 0.0546. The maximum Gasteiger partial charge on any atom is 0.243 e. The van der Waals surface area contributed by atoms with E-state index in [9.17, 15) is 4.79 Å². The van der Waals surface area contributed by atoms with Crippen LogP contribution in [0, 0.1) is 0 Å². The van der Waals surface area contributed by atoms with E-state index in [-0.39, 0.29) is 12.5 Å². The Labute approximate surface area is 142 Å². The summed E-state index contributed by atoms with van der Waals surface area (Å²) in [5, 5.41) is 17.5. The number of rotatable bonds is 6. The molecular weight excluding hydrogens is 334 g/mol. The number of thiophene rings is 1. The van der Waals surface area contributed by atoms with E-state index in [2.05, 4.69) is 20.7 Å². The number of aromatic nitrogens is 4. The first-order valence-corrected chi connectivity index (χ1v) is 8.29. The molecule has 3 rings (SSSR count). The standard InChI is InChI=1S/C15H14ClN5OS/c16-12-5-3-11(4-6-12)7-8-17-14(22)10-21-19-15(18-20-21)13-2-1-9-23-13/h1-6,9H,7-8,10H2,(H,17,22). The molecule has 0 spiro atoms. The number of hydrogen-bond acceptors (Lipinski definition) is 5. The first-order valence-electron chi connectivity index (χ1n) is 7.03. The zero-order valence-electron chi connectivity index (χ0n) is 12.1. The number of carbonyl (C=O) groups excluding carboxylic acids is 1.